The summed E-state index contributed by atoms with van der Waals surface area (Å²) in [7, 11) is 3.02. The van der Waals surface area contributed by atoms with E-state index in [0.717, 1.165) is 5.56 Å². The summed E-state index contributed by atoms with van der Waals surface area (Å²) >= 11 is 5.97. The standard InChI is InChI=1S/C25H21ClN2O5/c1-32-19-10-7-17(12-20(19)33-2)22-21(23(29)16-5-8-18(26)9-6-16)24(30)25(31)28(22)14-15-4-3-11-27-13-15/h3-13,22,29H,14H2,1-2H3/b23-21-. The number of pyridine rings is 1. The average Bonchev–Trinajstić information content (AvgIpc) is 3.09. The third-order valence-electron chi connectivity index (χ3n) is 5.46. The highest BCUT2D eigenvalue weighted by molar-refractivity contribution is 6.46. The lowest BCUT2D eigenvalue weighted by atomic mass is 9.95. The summed E-state index contributed by atoms with van der Waals surface area (Å²) in [6, 6.07) is 14.3. The predicted octanol–water partition coefficient (Wildman–Crippen LogP) is 4.37. The molecule has 1 amide bonds. The van der Waals surface area contributed by atoms with Crippen LogP contribution < -0.4 is 9.47 Å². The molecule has 1 aliphatic heterocycles. The average molecular weight is 465 g/mol. The van der Waals surface area contributed by atoms with Crippen LogP contribution in [0.4, 0.5) is 0 Å². The van der Waals surface area contributed by atoms with Crippen LogP contribution in [-0.2, 0) is 16.1 Å². The zero-order chi connectivity index (χ0) is 23.5. The molecule has 2 heterocycles. The number of rotatable bonds is 6. The number of aromatic nitrogens is 1. The number of hydrogen-bond donors (Lipinski definition) is 1. The number of Topliss-reactive ketones (excluding diaryl/α,β-unsaturated/α-hetero) is 1. The molecular weight excluding hydrogens is 444 g/mol. The van der Waals surface area contributed by atoms with E-state index in [1.54, 1.807) is 60.9 Å². The molecule has 0 bridgehead atoms. The van der Waals surface area contributed by atoms with E-state index in [1.165, 1.54) is 19.1 Å². The molecule has 4 rings (SSSR count). The highest BCUT2D eigenvalue weighted by Gasteiger charge is 2.46. The minimum Gasteiger partial charge on any atom is -0.507 e. The zero-order valence-electron chi connectivity index (χ0n) is 18.0. The van der Waals surface area contributed by atoms with Crippen LogP contribution in [0.2, 0.25) is 5.02 Å². The van der Waals surface area contributed by atoms with E-state index in [0.29, 0.717) is 27.6 Å². The van der Waals surface area contributed by atoms with Crippen molar-refractivity contribution in [3.8, 4) is 11.5 Å². The van der Waals surface area contributed by atoms with E-state index >= 15 is 0 Å². The molecule has 1 aromatic heterocycles. The van der Waals surface area contributed by atoms with Gasteiger partial charge in [0.1, 0.15) is 5.76 Å². The van der Waals surface area contributed by atoms with Gasteiger partial charge in [-0.1, -0.05) is 23.7 Å². The summed E-state index contributed by atoms with van der Waals surface area (Å²) in [5.74, 6) is -0.824. The van der Waals surface area contributed by atoms with Crippen molar-refractivity contribution in [3.05, 3.63) is 94.3 Å². The minimum absolute atomic E-state index is 0.0153. The van der Waals surface area contributed by atoms with Crippen LogP contribution in [0.1, 0.15) is 22.7 Å². The van der Waals surface area contributed by atoms with Crippen molar-refractivity contribution in [3.63, 3.8) is 0 Å². The Balaban J connectivity index is 1.89. The third kappa shape index (κ3) is 4.27. The molecule has 2 aromatic carbocycles. The number of carbonyl (C=O) groups excluding carboxylic acids is 2. The smallest absolute Gasteiger partial charge is 0.295 e. The molecule has 168 valence electrons. The topological polar surface area (TPSA) is 89.0 Å². The molecule has 7 nitrogen and oxygen atoms in total. The molecule has 8 heteroatoms. The van der Waals surface area contributed by atoms with Crippen molar-refractivity contribution in [2.75, 3.05) is 14.2 Å². The number of hydrogen-bond acceptors (Lipinski definition) is 6. The first-order valence-electron chi connectivity index (χ1n) is 10.1. The van der Waals surface area contributed by atoms with Crippen LogP contribution in [0.15, 0.2) is 72.6 Å². The number of aliphatic hydroxyl groups is 1. The molecule has 0 radical (unpaired) electrons. The van der Waals surface area contributed by atoms with Gasteiger partial charge in [0.15, 0.2) is 11.5 Å². The number of benzene rings is 2. The molecule has 0 spiro atoms. The Bertz CT molecular complexity index is 1230. The minimum atomic E-state index is -0.847. The van der Waals surface area contributed by atoms with E-state index in [9.17, 15) is 14.7 Å². The number of ketones is 1. The number of carbonyl (C=O) groups is 2. The maximum Gasteiger partial charge on any atom is 0.295 e. The molecule has 0 aliphatic carbocycles. The Morgan fingerprint density at radius 2 is 1.79 bits per heavy atom. The number of likely N-dealkylation sites (tertiary alicyclic amines) is 1. The quantitative estimate of drug-likeness (QED) is 0.331. The Morgan fingerprint density at radius 3 is 2.42 bits per heavy atom. The van der Waals surface area contributed by atoms with E-state index < -0.39 is 17.7 Å². The number of aliphatic hydroxyl groups excluding tert-OH is 1. The fraction of sp³-hybridized carbons (Fsp3) is 0.160. The summed E-state index contributed by atoms with van der Waals surface area (Å²) in [5.41, 5.74) is 1.70. The molecule has 3 aromatic rings. The van der Waals surface area contributed by atoms with Gasteiger partial charge < -0.3 is 19.5 Å². The van der Waals surface area contributed by atoms with Gasteiger partial charge in [0, 0.05) is 29.5 Å². The van der Waals surface area contributed by atoms with Crippen LogP contribution in [0.5, 0.6) is 11.5 Å². The van der Waals surface area contributed by atoms with E-state index in [2.05, 4.69) is 4.98 Å². The van der Waals surface area contributed by atoms with Crippen LogP contribution in [0.25, 0.3) is 5.76 Å². The highest BCUT2D eigenvalue weighted by atomic mass is 35.5. The van der Waals surface area contributed by atoms with Gasteiger partial charge in [-0.3, -0.25) is 14.6 Å². The van der Waals surface area contributed by atoms with Crippen molar-refractivity contribution >= 4 is 29.1 Å². The Morgan fingerprint density at radius 1 is 1.06 bits per heavy atom. The zero-order valence-corrected chi connectivity index (χ0v) is 18.7. The number of nitrogens with zero attached hydrogens (tertiary/aromatic N) is 2. The summed E-state index contributed by atoms with van der Waals surface area (Å²) in [6.45, 7) is 0.134. The van der Waals surface area contributed by atoms with Gasteiger partial charge in [-0.25, -0.2) is 0 Å². The first-order chi connectivity index (χ1) is 15.9. The molecule has 1 fully saturated rings. The summed E-state index contributed by atoms with van der Waals surface area (Å²) in [6.07, 6.45) is 3.26. The second kappa shape index (κ2) is 9.34. The Kier molecular flexibility index (Phi) is 6.33. The molecule has 1 aliphatic rings. The first-order valence-corrected chi connectivity index (χ1v) is 10.5. The number of amides is 1. The molecule has 0 saturated carbocycles. The van der Waals surface area contributed by atoms with Gasteiger partial charge in [0.05, 0.1) is 25.8 Å². The molecule has 1 N–H and O–H groups in total. The fourth-order valence-corrected chi connectivity index (χ4v) is 3.99. The molecule has 1 atom stereocenters. The van der Waals surface area contributed by atoms with Crippen LogP contribution in [-0.4, -0.2) is 40.9 Å². The second-order valence-electron chi connectivity index (χ2n) is 7.41. The molecule has 1 saturated heterocycles. The molecular formula is C25H21ClN2O5. The fourth-order valence-electron chi connectivity index (χ4n) is 3.86. The monoisotopic (exact) mass is 464 g/mol. The summed E-state index contributed by atoms with van der Waals surface area (Å²) < 4.78 is 10.7. The number of methoxy groups -OCH3 is 2. The van der Waals surface area contributed by atoms with Crippen molar-refractivity contribution in [1.82, 2.24) is 9.88 Å². The summed E-state index contributed by atoms with van der Waals surface area (Å²) in [5, 5.41) is 11.6. The second-order valence-corrected chi connectivity index (χ2v) is 7.85. The Labute approximate surface area is 195 Å². The predicted molar refractivity (Wildman–Crippen MR) is 123 cm³/mol. The van der Waals surface area contributed by atoms with E-state index in [1.807, 2.05) is 6.07 Å². The van der Waals surface area contributed by atoms with E-state index in [4.69, 9.17) is 21.1 Å². The van der Waals surface area contributed by atoms with Crippen LogP contribution in [0.3, 0.4) is 0 Å². The summed E-state index contributed by atoms with van der Waals surface area (Å²) in [4.78, 5) is 31.8. The van der Waals surface area contributed by atoms with Crippen molar-refractivity contribution in [2.45, 2.75) is 12.6 Å². The lowest BCUT2D eigenvalue weighted by Gasteiger charge is -2.26. The van der Waals surface area contributed by atoms with Gasteiger partial charge in [0.25, 0.3) is 11.7 Å². The van der Waals surface area contributed by atoms with Gasteiger partial charge >= 0.3 is 0 Å². The van der Waals surface area contributed by atoms with Crippen LogP contribution >= 0.6 is 11.6 Å². The highest BCUT2D eigenvalue weighted by Crippen LogP contribution is 2.42. The molecule has 33 heavy (non-hydrogen) atoms. The maximum atomic E-state index is 13.1. The first kappa shape index (κ1) is 22.4. The number of ether oxygens (including phenoxy) is 2. The Hall–Kier alpha value is -3.84. The molecule has 1 unspecified atom stereocenters. The normalized spacial score (nSPS) is 17.3. The van der Waals surface area contributed by atoms with Gasteiger partial charge in [0.2, 0.25) is 0 Å². The van der Waals surface area contributed by atoms with Crippen molar-refractivity contribution < 1.29 is 24.2 Å². The van der Waals surface area contributed by atoms with Gasteiger partial charge in [-0.2, -0.15) is 0 Å². The largest absolute Gasteiger partial charge is 0.507 e. The lowest BCUT2D eigenvalue weighted by Crippen LogP contribution is -2.29. The SMILES string of the molecule is COc1ccc(C2/C(=C(/O)c3ccc(Cl)cc3)C(=O)C(=O)N2Cc2cccnc2)cc1OC. The van der Waals surface area contributed by atoms with Crippen molar-refractivity contribution in [2.24, 2.45) is 0 Å². The number of halogens is 1. The third-order valence-corrected chi connectivity index (χ3v) is 5.71. The maximum absolute atomic E-state index is 13.1. The van der Waals surface area contributed by atoms with Gasteiger partial charge in [-0.05, 0) is 53.6 Å². The van der Waals surface area contributed by atoms with Crippen LogP contribution in [0, 0.1) is 0 Å². The van der Waals surface area contributed by atoms with Crippen molar-refractivity contribution in [1.29, 1.82) is 0 Å². The van der Waals surface area contributed by atoms with Gasteiger partial charge in [-0.15, -0.1) is 0 Å². The lowest BCUT2D eigenvalue weighted by molar-refractivity contribution is -0.140. The van der Waals surface area contributed by atoms with E-state index in [-0.39, 0.29) is 17.9 Å².